The number of nitrogens with zero attached hydrogens (tertiary/aromatic N) is 1. The number of nitriles is 1. The molecule has 0 aromatic heterocycles. The van der Waals surface area contributed by atoms with Gasteiger partial charge < -0.3 is 0 Å². The second kappa shape index (κ2) is 2.91. The van der Waals surface area contributed by atoms with Crippen molar-refractivity contribution in [1.29, 1.82) is 5.26 Å². The van der Waals surface area contributed by atoms with Gasteiger partial charge in [0.15, 0.2) is 0 Å². The first kappa shape index (κ1) is 7.82. The van der Waals surface area contributed by atoms with Crippen molar-refractivity contribution in [3.05, 3.63) is 47.5 Å². The van der Waals surface area contributed by atoms with Crippen LogP contribution >= 0.6 is 0 Å². The largest absolute Gasteiger partial charge is 0.192 e. The molecule has 0 fully saturated rings. The zero-order valence-corrected chi connectivity index (χ0v) is 7.41. The molecule has 0 saturated carbocycles. The summed E-state index contributed by atoms with van der Waals surface area (Å²) in [6, 6.07) is 14.1. The summed E-state index contributed by atoms with van der Waals surface area (Å²) in [4.78, 5) is 0. The Bertz CT molecular complexity index is 492. The minimum absolute atomic E-state index is 0.720. The minimum atomic E-state index is 0.720. The van der Waals surface area contributed by atoms with Gasteiger partial charge in [-0.15, -0.1) is 0 Å². The Kier molecular flexibility index (Phi) is 1.75. The summed E-state index contributed by atoms with van der Waals surface area (Å²) in [7, 11) is 0. The first-order valence-electron chi connectivity index (χ1n) is 4.20. The van der Waals surface area contributed by atoms with Crippen molar-refractivity contribution in [2.75, 3.05) is 0 Å². The molecule has 2 rings (SSSR count). The average Bonchev–Trinajstić information content (AvgIpc) is 2.16. The van der Waals surface area contributed by atoms with Gasteiger partial charge in [-0.3, -0.25) is 0 Å². The molecule has 2 aromatic carbocycles. The van der Waals surface area contributed by atoms with Gasteiger partial charge in [0.25, 0.3) is 0 Å². The standard InChI is InChI=1S/C12H9N/c1-9-2-4-11-5-3-10(8-13)7-12(11)6-9/h2-7H,1H3. The fourth-order valence-corrected chi connectivity index (χ4v) is 1.44. The van der Waals surface area contributed by atoms with E-state index in [0.29, 0.717) is 0 Å². The SMILES string of the molecule is Cc1ccc2ccc(C#N)cc2c1. The fourth-order valence-electron chi connectivity index (χ4n) is 1.44. The van der Waals surface area contributed by atoms with Crippen molar-refractivity contribution in [3.63, 3.8) is 0 Å². The minimum Gasteiger partial charge on any atom is -0.192 e. The molecule has 0 heterocycles. The van der Waals surface area contributed by atoms with Crippen LogP contribution in [0.15, 0.2) is 36.4 Å². The molecule has 1 nitrogen and oxygen atoms in total. The third kappa shape index (κ3) is 1.39. The van der Waals surface area contributed by atoms with E-state index < -0.39 is 0 Å². The van der Waals surface area contributed by atoms with Crippen LogP contribution in [0.1, 0.15) is 11.1 Å². The van der Waals surface area contributed by atoms with Gasteiger partial charge in [-0.05, 0) is 29.8 Å². The number of benzene rings is 2. The second-order valence-electron chi connectivity index (χ2n) is 3.18. The highest BCUT2D eigenvalue weighted by Gasteiger charge is 1.95. The van der Waals surface area contributed by atoms with Crippen LogP contribution in [0.5, 0.6) is 0 Å². The summed E-state index contributed by atoms with van der Waals surface area (Å²) in [5.74, 6) is 0. The third-order valence-corrected chi connectivity index (χ3v) is 2.12. The molecule has 2 aromatic rings. The predicted molar refractivity (Wildman–Crippen MR) is 53.4 cm³/mol. The molecule has 0 saturated heterocycles. The zero-order valence-electron chi connectivity index (χ0n) is 7.41. The fraction of sp³-hybridized carbons (Fsp3) is 0.0833. The first-order chi connectivity index (χ1) is 6.29. The zero-order chi connectivity index (χ0) is 9.26. The van der Waals surface area contributed by atoms with Crippen LogP contribution in [-0.4, -0.2) is 0 Å². The number of fused-ring (bicyclic) bond motifs is 1. The molecule has 0 bridgehead atoms. The normalized spacial score (nSPS) is 9.85. The van der Waals surface area contributed by atoms with Crippen LogP contribution in [0, 0.1) is 18.3 Å². The molecule has 1 heteroatoms. The summed E-state index contributed by atoms with van der Waals surface area (Å²) in [6.07, 6.45) is 0. The van der Waals surface area contributed by atoms with Crippen molar-refractivity contribution in [2.24, 2.45) is 0 Å². The molecule has 0 spiro atoms. The van der Waals surface area contributed by atoms with E-state index in [2.05, 4.69) is 31.2 Å². The van der Waals surface area contributed by atoms with Crippen molar-refractivity contribution >= 4 is 10.8 Å². The van der Waals surface area contributed by atoms with Crippen LogP contribution in [0.3, 0.4) is 0 Å². The predicted octanol–water partition coefficient (Wildman–Crippen LogP) is 3.02. The Morgan fingerprint density at radius 2 is 1.77 bits per heavy atom. The van der Waals surface area contributed by atoms with E-state index in [-0.39, 0.29) is 0 Å². The van der Waals surface area contributed by atoms with Crippen molar-refractivity contribution in [2.45, 2.75) is 6.92 Å². The average molecular weight is 167 g/mol. The van der Waals surface area contributed by atoms with Gasteiger partial charge in [0.2, 0.25) is 0 Å². The lowest BCUT2D eigenvalue weighted by Gasteiger charge is -1.98. The first-order valence-corrected chi connectivity index (χ1v) is 4.20. The van der Waals surface area contributed by atoms with Gasteiger partial charge in [-0.1, -0.05) is 29.8 Å². The van der Waals surface area contributed by atoms with E-state index in [1.807, 2.05) is 18.2 Å². The van der Waals surface area contributed by atoms with Gasteiger partial charge in [0.1, 0.15) is 0 Å². The van der Waals surface area contributed by atoms with Crippen LogP contribution in [0.4, 0.5) is 0 Å². The highest BCUT2D eigenvalue weighted by molar-refractivity contribution is 5.84. The topological polar surface area (TPSA) is 23.8 Å². The molecular formula is C12H9N. The van der Waals surface area contributed by atoms with E-state index in [1.54, 1.807) is 0 Å². The smallest absolute Gasteiger partial charge is 0.0991 e. The Hall–Kier alpha value is -1.81. The molecular weight excluding hydrogens is 158 g/mol. The molecule has 0 atom stereocenters. The third-order valence-electron chi connectivity index (χ3n) is 2.12. The van der Waals surface area contributed by atoms with Crippen molar-refractivity contribution < 1.29 is 0 Å². The van der Waals surface area contributed by atoms with Gasteiger partial charge >= 0.3 is 0 Å². The molecule has 0 radical (unpaired) electrons. The number of aryl methyl sites for hydroxylation is 1. The second-order valence-corrected chi connectivity index (χ2v) is 3.18. The lowest BCUT2D eigenvalue weighted by molar-refractivity contribution is 1.48. The summed E-state index contributed by atoms with van der Waals surface area (Å²) in [6.45, 7) is 2.05. The highest BCUT2D eigenvalue weighted by atomic mass is 14.2. The Balaban J connectivity index is 2.77. The maximum Gasteiger partial charge on any atom is 0.0991 e. The van der Waals surface area contributed by atoms with Gasteiger partial charge in [0, 0.05) is 0 Å². The number of rotatable bonds is 0. The van der Waals surface area contributed by atoms with Crippen molar-refractivity contribution in [1.82, 2.24) is 0 Å². The summed E-state index contributed by atoms with van der Waals surface area (Å²) in [5.41, 5.74) is 1.95. The molecule has 62 valence electrons. The van der Waals surface area contributed by atoms with Crippen LogP contribution in [0.25, 0.3) is 10.8 Å². The number of hydrogen-bond acceptors (Lipinski definition) is 1. The molecule has 0 aliphatic heterocycles. The van der Waals surface area contributed by atoms with Crippen molar-refractivity contribution in [3.8, 4) is 6.07 Å². The van der Waals surface area contributed by atoms with Crippen LogP contribution < -0.4 is 0 Å². The van der Waals surface area contributed by atoms with Crippen LogP contribution in [0.2, 0.25) is 0 Å². The summed E-state index contributed by atoms with van der Waals surface area (Å²) in [5, 5.41) is 11.0. The van der Waals surface area contributed by atoms with Gasteiger partial charge in [-0.25, -0.2) is 0 Å². The molecule has 13 heavy (non-hydrogen) atoms. The van der Waals surface area contributed by atoms with E-state index in [9.17, 15) is 0 Å². The highest BCUT2D eigenvalue weighted by Crippen LogP contribution is 2.16. The summed E-state index contributed by atoms with van der Waals surface area (Å²) >= 11 is 0. The molecule has 0 amide bonds. The quantitative estimate of drug-likeness (QED) is 0.591. The molecule has 0 aliphatic carbocycles. The van der Waals surface area contributed by atoms with Gasteiger partial charge in [0.05, 0.1) is 11.6 Å². The van der Waals surface area contributed by atoms with E-state index in [4.69, 9.17) is 5.26 Å². The molecule has 0 unspecified atom stereocenters. The molecule has 0 aliphatic rings. The lowest BCUT2D eigenvalue weighted by Crippen LogP contribution is -1.77. The Morgan fingerprint density at radius 3 is 2.54 bits per heavy atom. The summed E-state index contributed by atoms with van der Waals surface area (Å²) < 4.78 is 0. The maximum absolute atomic E-state index is 8.72. The van der Waals surface area contributed by atoms with E-state index in [0.717, 1.165) is 10.9 Å². The van der Waals surface area contributed by atoms with E-state index >= 15 is 0 Å². The lowest BCUT2D eigenvalue weighted by atomic mass is 10.1. The van der Waals surface area contributed by atoms with E-state index in [1.165, 1.54) is 10.9 Å². The monoisotopic (exact) mass is 167 g/mol. The number of hydrogen-bond donors (Lipinski definition) is 0. The van der Waals surface area contributed by atoms with Gasteiger partial charge in [-0.2, -0.15) is 5.26 Å². The Morgan fingerprint density at radius 1 is 1.00 bits per heavy atom. The Labute approximate surface area is 77.2 Å². The molecule has 0 N–H and O–H groups in total. The maximum atomic E-state index is 8.72. The van der Waals surface area contributed by atoms with Crippen LogP contribution in [-0.2, 0) is 0 Å².